The number of hydrogen-bond acceptors (Lipinski definition) is 4. The predicted molar refractivity (Wildman–Crippen MR) is 107 cm³/mol. The molecule has 9 heteroatoms. The first-order valence-corrected chi connectivity index (χ1v) is 10.6. The van der Waals surface area contributed by atoms with E-state index in [1.54, 1.807) is 29.2 Å². The van der Waals surface area contributed by atoms with E-state index in [1.165, 1.54) is 24.3 Å². The minimum atomic E-state index is -3.78. The molecule has 2 amide bonds. The Hall–Kier alpha value is -2.58. The van der Waals surface area contributed by atoms with Crippen molar-refractivity contribution in [2.45, 2.75) is 17.7 Å². The van der Waals surface area contributed by atoms with Gasteiger partial charge in [-0.2, -0.15) is 0 Å². The smallest absolute Gasteiger partial charge is 0.261 e. The van der Waals surface area contributed by atoms with Crippen LogP contribution in [0, 0.1) is 5.92 Å². The summed E-state index contributed by atoms with van der Waals surface area (Å²) in [6, 6.07) is 12.0. The molecule has 0 spiro atoms. The summed E-state index contributed by atoms with van der Waals surface area (Å²) in [4.78, 5) is 25.5. The van der Waals surface area contributed by atoms with E-state index in [2.05, 4.69) is 4.72 Å². The van der Waals surface area contributed by atoms with Crippen molar-refractivity contribution in [1.82, 2.24) is 4.90 Å². The van der Waals surface area contributed by atoms with Gasteiger partial charge in [0.1, 0.15) is 0 Å². The number of anilines is 1. The Bertz CT molecular complexity index is 967. The lowest BCUT2D eigenvalue weighted by Gasteiger charge is -2.30. The summed E-state index contributed by atoms with van der Waals surface area (Å²) in [7, 11) is -3.78. The number of halogens is 1. The number of piperidine rings is 1. The summed E-state index contributed by atoms with van der Waals surface area (Å²) in [5.74, 6) is -0.733. The highest BCUT2D eigenvalue weighted by Gasteiger charge is 2.26. The molecule has 28 heavy (non-hydrogen) atoms. The van der Waals surface area contributed by atoms with E-state index in [4.69, 9.17) is 17.3 Å². The van der Waals surface area contributed by atoms with Crippen molar-refractivity contribution in [3.63, 3.8) is 0 Å². The van der Waals surface area contributed by atoms with Gasteiger partial charge in [-0.15, -0.1) is 0 Å². The van der Waals surface area contributed by atoms with Crippen molar-refractivity contribution >= 4 is 39.1 Å². The Morgan fingerprint density at radius 1 is 1.00 bits per heavy atom. The molecule has 1 fully saturated rings. The Kier molecular flexibility index (Phi) is 5.90. The zero-order valence-corrected chi connectivity index (χ0v) is 16.5. The maximum Gasteiger partial charge on any atom is 0.261 e. The Morgan fingerprint density at radius 2 is 1.57 bits per heavy atom. The highest BCUT2D eigenvalue weighted by molar-refractivity contribution is 7.92. The molecule has 0 aliphatic carbocycles. The molecule has 7 nitrogen and oxygen atoms in total. The van der Waals surface area contributed by atoms with Crippen LogP contribution in [-0.2, 0) is 14.8 Å². The lowest BCUT2D eigenvalue weighted by atomic mass is 9.96. The number of primary amides is 1. The van der Waals surface area contributed by atoms with Gasteiger partial charge in [0, 0.05) is 35.3 Å². The van der Waals surface area contributed by atoms with Crippen LogP contribution in [0.15, 0.2) is 53.4 Å². The number of carbonyl (C=O) groups excluding carboxylic acids is 2. The molecule has 0 saturated carbocycles. The SMILES string of the molecule is NC(=O)C1CCN(C(=O)c2ccc(S(=O)(=O)Nc3ccc(Cl)cc3)cc2)CC1. The van der Waals surface area contributed by atoms with Crippen LogP contribution in [0.5, 0.6) is 0 Å². The van der Waals surface area contributed by atoms with Crippen LogP contribution < -0.4 is 10.5 Å². The number of sulfonamides is 1. The van der Waals surface area contributed by atoms with Gasteiger partial charge in [-0.1, -0.05) is 11.6 Å². The first-order valence-electron chi connectivity index (χ1n) is 8.73. The number of amides is 2. The quantitative estimate of drug-likeness (QED) is 0.772. The maximum atomic E-state index is 12.6. The lowest BCUT2D eigenvalue weighted by Crippen LogP contribution is -2.41. The number of nitrogens with zero attached hydrogens (tertiary/aromatic N) is 1. The Balaban J connectivity index is 1.68. The molecule has 0 bridgehead atoms. The van der Waals surface area contributed by atoms with E-state index in [9.17, 15) is 18.0 Å². The van der Waals surface area contributed by atoms with E-state index in [1.807, 2.05) is 0 Å². The summed E-state index contributed by atoms with van der Waals surface area (Å²) in [5, 5.41) is 0.505. The molecule has 1 saturated heterocycles. The molecule has 2 aromatic rings. The average Bonchev–Trinajstić information content (AvgIpc) is 2.69. The van der Waals surface area contributed by atoms with Crippen molar-refractivity contribution in [2.24, 2.45) is 11.7 Å². The zero-order chi connectivity index (χ0) is 20.3. The largest absolute Gasteiger partial charge is 0.369 e. The second-order valence-electron chi connectivity index (χ2n) is 6.61. The number of nitrogens with one attached hydrogen (secondary N) is 1. The van der Waals surface area contributed by atoms with Gasteiger partial charge < -0.3 is 10.6 Å². The molecule has 1 aliphatic heterocycles. The third-order valence-corrected chi connectivity index (χ3v) is 6.34. The molecule has 0 unspecified atom stereocenters. The van der Waals surface area contributed by atoms with Gasteiger partial charge in [0.15, 0.2) is 0 Å². The van der Waals surface area contributed by atoms with Crippen LogP contribution in [0.1, 0.15) is 23.2 Å². The summed E-state index contributed by atoms with van der Waals surface area (Å²) in [5.41, 5.74) is 6.09. The van der Waals surface area contributed by atoms with Crippen molar-refractivity contribution in [1.29, 1.82) is 0 Å². The maximum absolute atomic E-state index is 12.6. The molecule has 1 heterocycles. The van der Waals surface area contributed by atoms with Crippen LogP contribution >= 0.6 is 11.6 Å². The van der Waals surface area contributed by atoms with Crippen LogP contribution in [-0.4, -0.2) is 38.2 Å². The summed E-state index contributed by atoms with van der Waals surface area (Å²) >= 11 is 5.80. The van der Waals surface area contributed by atoms with Crippen molar-refractivity contribution in [3.8, 4) is 0 Å². The number of likely N-dealkylation sites (tertiary alicyclic amines) is 1. The molecule has 0 atom stereocenters. The molecule has 0 aromatic heterocycles. The highest BCUT2D eigenvalue weighted by atomic mass is 35.5. The van der Waals surface area contributed by atoms with Gasteiger partial charge >= 0.3 is 0 Å². The molecular formula is C19H20ClN3O4S. The molecule has 0 radical (unpaired) electrons. The second-order valence-corrected chi connectivity index (χ2v) is 8.72. The van der Waals surface area contributed by atoms with Gasteiger partial charge in [0.25, 0.3) is 15.9 Å². The number of carbonyl (C=O) groups is 2. The Morgan fingerprint density at radius 3 is 2.11 bits per heavy atom. The first-order chi connectivity index (χ1) is 13.3. The van der Waals surface area contributed by atoms with Gasteiger partial charge in [-0.05, 0) is 61.4 Å². The molecule has 148 valence electrons. The van der Waals surface area contributed by atoms with E-state index in [0.29, 0.717) is 42.2 Å². The fraction of sp³-hybridized carbons (Fsp3) is 0.263. The van der Waals surface area contributed by atoms with Crippen LogP contribution in [0.25, 0.3) is 0 Å². The van der Waals surface area contributed by atoms with E-state index in [0.717, 1.165) is 0 Å². The number of benzene rings is 2. The van der Waals surface area contributed by atoms with Crippen LogP contribution in [0.2, 0.25) is 5.02 Å². The molecule has 1 aliphatic rings. The fourth-order valence-corrected chi connectivity index (χ4v) is 4.24. The normalized spacial score (nSPS) is 15.2. The van der Waals surface area contributed by atoms with Gasteiger partial charge in [0.2, 0.25) is 5.91 Å². The van der Waals surface area contributed by atoms with Crippen LogP contribution in [0.4, 0.5) is 5.69 Å². The minimum Gasteiger partial charge on any atom is -0.369 e. The van der Waals surface area contributed by atoms with Crippen LogP contribution in [0.3, 0.4) is 0 Å². The molecule has 3 N–H and O–H groups in total. The fourth-order valence-electron chi connectivity index (χ4n) is 3.06. The highest BCUT2D eigenvalue weighted by Crippen LogP contribution is 2.21. The lowest BCUT2D eigenvalue weighted by molar-refractivity contribution is -0.123. The summed E-state index contributed by atoms with van der Waals surface area (Å²) in [6.45, 7) is 0.898. The predicted octanol–water partition coefficient (Wildman–Crippen LogP) is 2.48. The third kappa shape index (κ3) is 4.63. The average molecular weight is 422 g/mol. The van der Waals surface area contributed by atoms with Crippen molar-refractivity contribution in [3.05, 3.63) is 59.1 Å². The standard InChI is InChI=1S/C19H20ClN3O4S/c20-15-3-5-16(6-4-15)22-28(26,27)17-7-1-14(2-8-17)19(25)23-11-9-13(10-12-23)18(21)24/h1-8,13,22H,9-12H2,(H2,21,24). The van der Waals surface area contributed by atoms with E-state index < -0.39 is 10.0 Å². The molecular weight excluding hydrogens is 402 g/mol. The van der Waals surface area contributed by atoms with E-state index >= 15 is 0 Å². The van der Waals surface area contributed by atoms with Gasteiger partial charge in [-0.3, -0.25) is 14.3 Å². The van der Waals surface area contributed by atoms with E-state index in [-0.39, 0.29) is 22.6 Å². The first kappa shape index (κ1) is 20.2. The topological polar surface area (TPSA) is 110 Å². The summed E-state index contributed by atoms with van der Waals surface area (Å²) in [6.07, 6.45) is 1.08. The third-order valence-electron chi connectivity index (χ3n) is 4.69. The number of rotatable bonds is 5. The molecule has 2 aromatic carbocycles. The zero-order valence-electron chi connectivity index (χ0n) is 15.0. The summed E-state index contributed by atoms with van der Waals surface area (Å²) < 4.78 is 27.4. The number of hydrogen-bond donors (Lipinski definition) is 2. The Labute approximate surface area is 168 Å². The van der Waals surface area contributed by atoms with Crippen molar-refractivity contribution < 1.29 is 18.0 Å². The molecule has 3 rings (SSSR count). The van der Waals surface area contributed by atoms with Gasteiger partial charge in [-0.25, -0.2) is 8.42 Å². The monoisotopic (exact) mass is 421 g/mol. The minimum absolute atomic E-state index is 0.0476. The number of nitrogens with two attached hydrogens (primary N) is 1. The van der Waals surface area contributed by atoms with Gasteiger partial charge in [0.05, 0.1) is 4.90 Å². The van der Waals surface area contributed by atoms with Crippen molar-refractivity contribution in [2.75, 3.05) is 17.8 Å². The second kappa shape index (κ2) is 8.20.